The molecule has 22 heavy (non-hydrogen) atoms. The van der Waals surface area contributed by atoms with Crippen molar-refractivity contribution in [3.63, 3.8) is 0 Å². The minimum Gasteiger partial charge on any atom is -0.422 e. The fraction of sp³-hybridized carbons (Fsp3) is 0.467. The molecule has 2 heterocycles. The number of nitrogens with zero attached hydrogens (tertiary/aromatic N) is 2. The van der Waals surface area contributed by atoms with Crippen molar-refractivity contribution in [3.8, 4) is 0 Å². The second-order valence-corrected chi connectivity index (χ2v) is 5.21. The molecule has 3 rings (SSSR count). The molecule has 1 atom stereocenters. The lowest BCUT2D eigenvalue weighted by Gasteiger charge is -2.20. The van der Waals surface area contributed by atoms with Crippen molar-refractivity contribution in [3.05, 3.63) is 47.2 Å². The maximum Gasteiger partial charge on any atom is 0.250 e. The van der Waals surface area contributed by atoms with E-state index >= 15 is 0 Å². The Morgan fingerprint density at radius 2 is 2.14 bits per heavy atom. The highest BCUT2D eigenvalue weighted by atomic mass is 19.2. The van der Waals surface area contributed by atoms with Crippen LogP contribution in [0.2, 0.25) is 0 Å². The minimum atomic E-state index is -0.856. The highest BCUT2D eigenvalue weighted by Gasteiger charge is 2.42. The van der Waals surface area contributed by atoms with Gasteiger partial charge in [0.25, 0.3) is 5.89 Å². The van der Waals surface area contributed by atoms with Gasteiger partial charge in [0.1, 0.15) is 0 Å². The van der Waals surface area contributed by atoms with Crippen LogP contribution in [0.4, 0.5) is 8.78 Å². The number of ether oxygens (including phenoxy) is 2. The Hall–Kier alpha value is -1.86. The molecule has 0 bridgehead atoms. The third-order valence-corrected chi connectivity index (χ3v) is 3.87. The van der Waals surface area contributed by atoms with E-state index in [9.17, 15) is 8.78 Å². The molecule has 0 aliphatic carbocycles. The summed E-state index contributed by atoms with van der Waals surface area (Å²) >= 11 is 0. The van der Waals surface area contributed by atoms with E-state index in [2.05, 4.69) is 10.2 Å². The Morgan fingerprint density at radius 3 is 2.86 bits per heavy atom. The van der Waals surface area contributed by atoms with E-state index < -0.39 is 17.2 Å². The number of aromatic nitrogens is 2. The average molecular weight is 310 g/mol. The van der Waals surface area contributed by atoms with Gasteiger partial charge in [-0.15, -0.1) is 10.2 Å². The van der Waals surface area contributed by atoms with Crippen LogP contribution < -0.4 is 0 Å². The first kappa shape index (κ1) is 15.1. The normalized spacial score (nSPS) is 21.4. The van der Waals surface area contributed by atoms with Crippen molar-refractivity contribution in [2.45, 2.75) is 24.9 Å². The molecule has 0 spiro atoms. The summed E-state index contributed by atoms with van der Waals surface area (Å²) in [6.45, 7) is 0.934. The van der Waals surface area contributed by atoms with Crippen molar-refractivity contribution >= 4 is 0 Å². The monoisotopic (exact) mass is 310 g/mol. The summed E-state index contributed by atoms with van der Waals surface area (Å²) in [5.74, 6) is -0.964. The SMILES string of the molecule is COC1(c2nnc(CCc3cccc(F)c3F)o2)CCOC1. The molecule has 7 heteroatoms. The highest BCUT2D eigenvalue weighted by Crippen LogP contribution is 2.33. The van der Waals surface area contributed by atoms with Gasteiger partial charge in [-0.25, -0.2) is 8.78 Å². The number of hydrogen-bond acceptors (Lipinski definition) is 5. The highest BCUT2D eigenvalue weighted by molar-refractivity contribution is 5.19. The molecule has 1 fully saturated rings. The van der Waals surface area contributed by atoms with Crippen LogP contribution in [0, 0.1) is 11.6 Å². The van der Waals surface area contributed by atoms with Gasteiger partial charge in [0, 0.05) is 20.0 Å². The fourth-order valence-electron chi connectivity index (χ4n) is 2.49. The Morgan fingerprint density at radius 1 is 1.27 bits per heavy atom. The van der Waals surface area contributed by atoms with Crippen molar-refractivity contribution in [2.75, 3.05) is 20.3 Å². The Labute approximate surface area is 126 Å². The molecule has 2 aromatic rings. The van der Waals surface area contributed by atoms with Crippen LogP contribution in [-0.2, 0) is 27.9 Å². The molecule has 0 N–H and O–H groups in total. The summed E-state index contributed by atoms with van der Waals surface area (Å²) < 4.78 is 43.1. The van der Waals surface area contributed by atoms with E-state index in [0.29, 0.717) is 37.8 Å². The Bertz CT molecular complexity index is 654. The van der Waals surface area contributed by atoms with Gasteiger partial charge >= 0.3 is 0 Å². The number of rotatable bonds is 5. The first-order valence-electron chi connectivity index (χ1n) is 7.03. The van der Waals surface area contributed by atoms with E-state index in [-0.39, 0.29) is 12.0 Å². The van der Waals surface area contributed by atoms with Crippen LogP contribution in [0.5, 0.6) is 0 Å². The van der Waals surface area contributed by atoms with E-state index in [1.54, 1.807) is 7.11 Å². The second kappa shape index (κ2) is 6.10. The van der Waals surface area contributed by atoms with E-state index in [0.717, 1.165) is 6.07 Å². The van der Waals surface area contributed by atoms with Crippen LogP contribution in [0.3, 0.4) is 0 Å². The predicted molar refractivity (Wildman–Crippen MR) is 72.2 cm³/mol. The van der Waals surface area contributed by atoms with Crippen LogP contribution >= 0.6 is 0 Å². The van der Waals surface area contributed by atoms with Crippen LogP contribution in [0.1, 0.15) is 23.8 Å². The molecular formula is C15H16F2N2O3. The van der Waals surface area contributed by atoms with E-state index in [1.807, 2.05) is 0 Å². The average Bonchev–Trinajstić information content (AvgIpc) is 3.18. The number of hydrogen-bond donors (Lipinski definition) is 0. The quantitative estimate of drug-likeness (QED) is 0.849. The van der Waals surface area contributed by atoms with E-state index in [1.165, 1.54) is 12.1 Å². The summed E-state index contributed by atoms with van der Waals surface area (Å²) in [5, 5.41) is 7.96. The molecule has 0 saturated carbocycles. The van der Waals surface area contributed by atoms with Crippen molar-refractivity contribution < 1.29 is 22.7 Å². The second-order valence-electron chi connectivity index (χ2n) is 5.21. The summed E-state index contributed by atoms with van der Waals surface area (Å²) in [4.78, 5) is 0. The summed E-state index contributed by atoms with van der Waals surface area (Å²) in [6.07, 6.45) is 1.25. The number of benzene rings is 1. The molecule has 118 valence electrons. The van der Waals surface area contributed by atoms with Gasteiger partial charge in [-0.2, -0.15) is 0 Å². The van der Waals surface area contributed by atoms with Gasteiger partial charge in [0.2, 0.25) is 5.89 Å². The van der Waals surface area contributed by atoms with Gasteiger partial charge in [-0.3, -0.25) is 0 Å². The molecular weight excluding hydrogens is 294 g/mol. The van der Waals surface area contributed by atoms with Gasteiger partial charge in [-0.1, -0.05) is 12.1 Å². The number of aryl methyl sites for hydroxylation is 2. The van der Waals surface area contributed by atoms with Crippen LogP contribution in [-0.4, -0.2) is 30.5 Å². The molecule has 5 nitrogen and oxygen atoms in total. The Balaban J connectivity index is 1.71. The molecule has 0 radical (unpaired) electrons. The lowest BCUT2D eigenvalue weighted by atomic mass is 10.0. The largest absolute Gasteiger partial charge is 0.422 e. The van der Waals surface area contributed by atoms with Crippen LogP contribution in [0.15, 0.2) is 22.6 Å². The lowest BCUT2D eigenvalue weighted by Crippen LogP contribution is -2.29. The van der Waals surface area contributed by atoms with E-state index in [4.69, 9.17) is 13.9 Å². The zero-order valence-corrected chi connectivity index (χ0v) is 12.1. The number of methoxy groups -OCH3 is 1. The topological polar surface area (TPSA) is 57.4 Å². The lowest BCUT2D eigenvalue weighted by molar-refractivity contribution is -0.0416. The van der Waals surface area contributed by atoms with Gasteiger partial charge in [-0.05, 0) is 18.1 Å². The standard InChI is InChI=1S/C15H16F2N2O3/c1-20-15(7-8-21-9-15)14-19-18-12(22-14)6-5-10-3-2-4-11(16)13(10)17/h2-4H,5-9H2,1H3. The summed E-state index contributed by atoms with van der Waals surface area (Å²) in [5.41, 5.74) is -0.416. The van der Waals surface area contributed by atoms with Crippen molar-refractivity contribution in [1.29, 1.82) is 0 Å². The first-order valence-corrected chi connectivity index (χ1v) is 7.03. The van der Waals surface area contributed by atoms with Crippen molar-refractivity contribution in [1.82, 2.24) is 10.2 Å². The minimum absolute atomic E-state index is 0.279. The maximum atomic E-state index is 13.6. The first-order chi connectivity index (χ1) is 10.6. The Kier molecular flexibility index (Phi) is 4.17. The zero-order valence-electron chi connectivity index (χ0n) is 12.1. The third-order valence-electron chi connectivity index (χ3n) is 3.87. The fourth-order valence-corrected chi connectivity index (χ4v) is 2.49. The zero-order chi connectivity index (χ0) is 15.6. The molecule has 1 aliphatic heterocycles. The predicted octanol–water partition coefficient (Wildman–Crippen LogP) is 2.40. The smallest absolute Gasteiger partial charge is 0.250 e. The molecule has 1 unspecified atom stereocenters. The molecule has 1 aromatic heterocycles. The van der Waals surface area contributed by atoms with Gasteiger partial charge in [0.05, 0.1) is 13.2 Å². The molecule has 1 aliphatic rings. The maximum absolute atomic E-state index is 13.6. The van der Waals surface area contributed by atoms with Crippen molar-refractivity contribution in [2.24, 2.45) is 0 Å². The summed E-state index contributed by atoms with van der Waals surface area (Å²) in [6, 6.07) is 4.10. The number of halogens is 2. The van der Waals surface area contributed by atoms with Crippen LogP contribution in [0.25, 0.3) is 0 Å². The van der Waals surface area contributed by atoms with Gasteiger partial charge in [0.15, 0.2) is 17.2 Å². The molecule has 1 saturated heterocycles. The van der Waals surface area contributed by atoms with Gasteiger partial charge < -0.3 is 13.9 Å². The molecule has 0 amide bonds. The molecule has 1 aromatic carbocycles. The summed E-state index contributed by atoms with van der Waals surface area (Å²) in [7, 11) is 1.57. The third kappa shape index (κ3) is 2.74.